The molecule has 0 bridgehead atoms. The highest BCUT2D eigenvalue weighted by molar-refractivity contribution is 7.99. The molecule has 0 radical (unpaired) electrons. The van der Waals surface area contributed by atoms with E-state index in [4.69, 9.17) is 4.74 Å². The number of rotatable bonds is 5. The van der Waals surface area contributed by atoms with Crippen molar-refractivity contribution in [2.75, 3.05) is 18.2 Å². The number of ether oxygens (including phenoxy) is 1. The van der Waals surface area contributed by atoms with Gasteiger partial charge in [-0.15, -0.1) is 0 Å². The molecule has 6 heteroatoms. The summed E-state index contributed by atoms with van der Waals surface area (Å²) >= 11 is 1.36. The van der Waals surface area contributed by atoms with Crippen LogP contribution in [-0.4, -0.2) is 28.7 Å². The molecule has 2 aromatic rings. The number of benzene rings is 1. The highest BCUT2D eigenvalue weighted by Gasteiger charge is 2.04. The molecular formula is C12H13N3O2S. The standard InChI is InChI=1S/C12H13N3O2S/c1-17-10-4-2-9(3-5-10)15-11(16)8-18-12-13-6-7-14-12/h2-7H,8H2,1H3,(H,13,14)(H,15,16). The Balaban J connectivity index is 1.83. The van der Waals surface area contributed by atoms with Crippen molar-refractivity contribution >= 4 is 23.4 Å². The van der Waals surface area contributed by atoms with Crippen molar-refractivity contribution in [1.82, 2.24) is 9.97 Å². The Morgan fingerprint density at radius 3 is 2.83 bits per heavy atom. The van der Waals surface area contributed by atoms with E-state index in [0.29, 0.717) is 5.75 Å². The van der Waals surface area contributed by atoms with E-state index in [0.717, 1.165) is 16.6 Å². The molecule has 0 aliphatic carbocycles. The fourth-order valence-electron chi connectivity index (χ4n) is 1.34. The number of carbonyl (C=O) groups excluding carboxylic acids is 1. The molecule has 0 spiro atoms. The Hall–Kier alpha value is -1.95. The molecule has 0 saturated heterocycles. The van der Waals surface area contributed by atoms with Crippen LogP contribution in [-0.2, 0) is 4.79 Å². The zero-order chi connectivity index (χ0) is 12.8. The third-order valence-electron chi connectivity index (χ3n) is 2.19. The van der Waals surface area contributed by atoms with Gasteiger partial charge in [0.15, 0.2) is 5.16 Å². The molecule has 1 aromatic heterocycles. The van der Waals surface area contributed by atoms with Crippen LogP contribution < -0.4 is 10.1 Å². The number of nitrogens with zero attached hydrogens (tertiary/aromatic N) is 1. The third-order valence-corrected chi connectivity index (χ3v) is 3.09. The Labute approximate surface area is 109 Å². The predicted octanol–water partition coefficient (Wildman–Crippen LogP) is 2.15. The van der Waals surface area contributed by atoms with Crippen LogP contribution in [0.2, 0.25) is 0 Å². The van der Waals surface area contributed by atoms with Gasteiger partial charge in [0.2, 0.25) is 5.91 Å². The van der Waals surface area contributed by atoms with E-state index in [2.05, 4.69) is 15.3 Å². The second kappa shape index (κ2) is 6.11. The van der Waals surface area contributed by atoms with Crippen molar-refractivity contribution in [3.05, 3.63) is 36.7 Å². The number of methoxy groups -OCH3 is 1. The first-order valence-electron chi connectivity index (χ1n) is 5.34. The molecule has 0 aliphatic heterocycles. The van der Waals surface area contributed by atoms with Crippen LogP contribution in [0.4, 0.5) is 5.69 Å². The van der Waals surface area contributed by atoms with Gasteiger partial charge in [-0.25, -0.2) is 4.98 Å². The lowest BCUT2D eigenvalue weighted by molar-refractivity contribution is -0.113. The Kier molecular flexibility index (Phi) is 4.25. The summed E-state index contributed by atoms with van der Waals surface area (Å²) < 4.78 is 5.04. The monoisotopic (exact) mass is 263 g/mol. The number of H-pyrrole nitrogens is 1. The summed E-state index contributed by atoms with van der Waals surface area (Å²) in [6, 6.07) is 7.20. The molecular weight excluding hydrogens is 250 g/mol. The fraction of sp³-hybridized carbons (Fsp3) is 0.167. The molecule has 0 atom stereocenters. The number of amides is 1. The maximum absolute atomic E-state index is 11.7. The molecule has 18 heavy (non-hydrogen) atoms. The van der Waals surface area contributed by atoms with E-state index < -0.39 is 0 Å². The van der Waals surface area contributed by atoms with Crippen molar-refractivity contribution in [3.8, 4) is 5.75 Å². The predicted molar refractivity (Wildman–Crippen MR) is 70.9 cm³/mol. The van der Waals surface area contributed by atoms with E-state index in [9.17, 15) is 4.79 Å². The average Bonchev–Trinajstić information content (AvgIpc) is 2.90. The van der Waals surface area contributed by atoms with Gasteiger partial charge in [-0.3, -0.25) is 4.79 Å². The van der Waals surface area contributed by atoms with E-state index in [-0.39, 0.29) is 5.91 Å². The maximum atomic E-state index is 11.7. The van der Waals surface area contributed by atoms with E-state index in [1.807, 2.05) is 0 Å². The molecule has 2 rings (SSSR count). The second-order valence-electron chi connectivity index (χ2n) is 3.46. The van der Waals surface area contributed by atoms with E-state index in [1.165, 1.54) is 11.8 Å². The smallest absolute Gasteiger partial charge is 0.234 e. The highest BCUT2D eigenvalue weighted by atomic mass is 32.2. The molecule has 0 aliphatic rings. The van der Waals surface area contributed by atoms with Crippen LogP contribution in [0.15, 0.2) is 41.8 Å². The number of nitrogens with one attached hydrogen (secondary N) is 2. The van der Waals surface area contributed by atoms with Gasteiger partial charge in [0.25, 0.3) is 0 Å². The molecule has 0 fully saturated rings. The number of aromatic nitrogens is 2. The van der Waals surface area contributed by atoms with Crippen LogP contribution in [0.25, 0.3) is 0 Å². The average molecular weight is 263 g/mol. The minimum Gasteiger partial charge on any atom is -0.497 e. The van der Waals surface area contributed by atoms with E-state index in [1.54, 1.807) is 43.8 Å². The molecule has 1 aromatic carbocycles. The first-order chi connectivity index (χ1) is 8.78. The largest absolute Gasteiger partial charge is 0.497 e. The first kappa shape index (κ1) is 12.5. The Morgan fingerprint density at radius 1 is 1.44 bits per heavy atom. The van der Waals surface area contributed by atoms with Crippen molar-refractivity contribution < 1.29 is 9.53 Å². The van der Waals surface area contributed by atoms with E-state index >= 15 is 0 Å². The van der Waals surface area contributed by atoms with Crippen molar-refractivity contribution in [3.63, 3.8) is 0 Å². The highest BCUT2D eigenvalue weighted by Crippen LogP contribution is 2.16. The summed E-state index contributed by atoms with van der Waals surface area (Å²) in [4.78, 5) is 18.6. The minimum atomic E-state index is -0.0680. The lowest BCUT2D eigenvalue weighted by atomic mass is 10.3. The molecule has 5 nitrogen and oxygen atoms in total. The quantitative estimate of drug-likeness (QED) is 0.811. The summed E-state index contributed by atoms with van der Waals surface area (Å²) in [5, 5.41) is 3.53. The number of hydrogen-bond acceptors (Lipinski definition) is 4. The SMILES string of the molecule is COc1ccc(NC(=O)CSc2ncc[nH]2)cc1. The summed E-state index contributed by atoms with van der Waals surface area (Å²) in [5.41, 5.74) is 0.751. The van der Waals surface area contributed by atoms with Gasteiger partial charge >= 0.3 is 0 Å². The van der Waals surface area contributed by atoms with Crippen molar-refractivity contribution in [2.24, 2.45) is 0 Å². The number of anilines is 1. The molecule has 94 valence electrons. The van der Waals surface area contributed by atoms with Crippen LogP contribution in [0, 0.1) is 0 Å². The van der Waals surface area contributed by atoms with Crippen molar-refractivity contribution in [1.29, 1.82) is 0 Å². The van der Waals surface area contributed by atoms with Crippen molar-refractivity contribution in [2.45, 2.75) is 5.16 Å². The molecule has 1 amide bonds. The fourth-order valence-corrected chi connectivity index (χ4v) is 1.96. The van der Waals surface area contributed by atoms with Gasteiger partial charge in [0, 0.05) is 18.1 Å². The minimum absolute atomic E-state index is 0.0680. The number of thioether (sulfide) groups is 1. The summed E-state index contributed by atoms with van der Waals surface area (Å²) in [7, 11) is 1.60. The van der Waals surface area contributed by atoms with Crippen LogP contribution >= 0.6 is 11.8 Å². The number of aromatic amines is 1. The number of hydrogen-bond donors (Lipinski definition) is 2. The van der Waals surface area contributed by atoms with Gasteiger partial charge in [-0.1, -0.05) is 11.8 Å². The molecule has 2 N–H and O–H groups in total. The number of imidazole rings is 1. The van der Waals surface area contributed by atoms with Crippen LogP contribution in [0.1, 0.15) is 0 Å². The maximum Gasteiger partial charge on any atom is 0.234 e. The van der Waals surface area contributed by atoms with Gasteiger partial charge in [-0.05, 0) is 24.3 Å². The van der Waals surface area contributed by atoms with Crippen LogP contribution in [0.3, 0.4) is 0 Å². The lowest BCUT2D eigenvalue weighted by Gasteiger charge is -2.05. The molecule has 1 heterocycles. The lowest BCUT2D eigenvalue weighted by Crippen LogP contribution is -2.13. The van der Waals surface area contributed by atoms with Gasteiger partial charge in [0.1, 0.15) is 5.75 Å². The molecule has 0 unspecified atom stereocenters. The second-order valence-corrected chi connectivity index (χ2v) is 4.42. The first-order valence-corrected chi connectivity index (χ1v) is 6.32. The normalized spacial score (nSPS) is 10.1. The molecule has 0 saturated carbocycles. The zero-order valence-electron chi connectivity index (χ0n) is 9.84. The van der Waals surface area contributed by atoms with Gasteiger partial charge in [-0.2, -0.15) is 0 Å². The summed E-state index contributed by atoms with van der Waals surface area (Å²) in [6.45, 7) is 0. The van der Waals surface area contributed by atoms with Gasteiger partial charge in [0.05, 0.1) is 12.9 Å². The number of carbonyl (C=O) groups is 1. The van der Waals surface area contributed by atoms with Gasteiger partial charge < -0.3 is 15.0 Å². The zero-order valence-corrected chi connectivity index (χ0v) is 10.7. The Morgan fingerprint density at radius 2 is 2.22 bits per heavy atom. The topological polar surface area (TPSA) is 67.0 Å². The van der Waals surface area contributed by atoms with Crippen LogP contribution in [0.5, 0.6) is 5.75 Å². The Bertz CT molecular complexity index is 497. The third kappa shape index (κ3) is 3.53. The summed E-state index contributed by atoms with van der Waals surface area (Å²) in [6.07, 6.45) is 3.38. The summed E-state index contributed by atoms with van der Waals surface area (Å²) in [5.74, 6) is 1.01.